The second-order valence-corrected chi connectivity index (χ2v) is 4.84. The van der Waals surface area contributed by atoms with Gasteiger partial charge in [-0.05, 0) is 29.8 Å². The summed E-state index contributed by atoms with van der Waals surface area (Å²) in [5.41, 5.74) is 2.65. The van der Waals surface area contributed by atoms with E-state index in [1.165, 1.54) is 0 Å². The third-order valence-corrected chi connectivity index (χ3v) is 3.31. The number of nitrogens with one attached hydrogen (secondary N) is 2. The number of rotatable bonds is 3. The van der Waals surface area contributed by atoms with Crippen molar-refractivity contribution < 1.29 is 4.79 Å². The Bertz CT molecular complexity index is 879. The summed E-state index contributed by atoms with van der Waals surface area (Å²) in [7, 11) is 0. The molecule has 0 unspecified atom stereocenters. The number of aromatic amines is 1. The fourth-order valence-electron chi connectivity index (χ4n) is 2.14. The topological polar surface area (TPSA) is 94.5 Å². The van der Waals surface area contributed by atoms with E-state index < -0.39 is 0 Å². The second kappa shape index (κ2) is 5.84. The van der Waals surface area contributed by atoms with Crippen molar-refractivity contribution in [1.82, 2.24) is 20.3 Å². The molecule has 3 aromatic rings. The molecule has 3 rings (SSSR count). The third kappa shape index (κ3) is 2.62. The first-order valence-electron chi connectivity index (χ1n) is 6.45. The molecule has 0 saturated carbocycles. The SMILES string of the molecule is N#CCNC(=O)c1ccc(-c2nc(Cl)nc3[nH]ccc23)cc1. The lowest BCUT2D eigenvalue weighted by atomic mass is 10.1. The fraction of sp³-hybridized carbons (Fsp3) is 0.0667. The van der Waals surface area contributed by atoms with Crippen LogP contribution in [0.1, 0.15) is 10.4 Å². The summed E-state index contributed by atoms with van der Waals surface area (Å²) >= 11 is 5.93. The molecule has 7 heteroatoms. The molecule has 108 valence electrons. The van der Waals surface area contributed by atoms with Gasteiger partial charge in [0.25, 0.3) is 5.91 Å². The number of hydrogen-bond acceptors (Lipinski definition) is 4. The lowest BCUT2D eigenvalue weighted by molar-refractivity contribution is 0.0958. The number of benzene rings is 1. The van der Waals surface area contributed by atoms with Crippen LogP contribution in [-0.2, 0) is 0 Å². The summed E-state index contributed by atoms with van der Waals surface area (Å²) in [4.78, 5) is 23.1. The largest absolute Gasteiger partial charge is 0.346 e. The van der Waals surface area contributed by atoms with E-state index in [-0.39, 0.29) is 17.7 Å². The third-order valence-electron chi connectivity index (χ3n) is 3.14. The molecule has 0 saturated heterocycles. The van der Waals surface area contributed by atoms with Gasteiger partial charge in [-0.1, -0.05) is 12.1 Å². The zero-order valence-corrected chi connectivity index (χ0v) is 12.1. The predicted molar refractivity (Wildman–Crippen MR) is 82.3 cm³/mol. The van der Waals surface area contributed by atoms with Gasteiger partial charge in [0.15, 0.2) is 0 Å². The van der Waals surface area contributed by atoms with Crippen LogP contribution in [0.2, 0.25) is 5.28 Å². The summed E-state index contributed by atoms with van der Waals surface area (Å²) in [5, 5.41) is 12.0. The van der Waals surface area contributed by atoms with Gasteiger partial charge in [-0.2, -0.15) is 10.2 Å². The van der Waals surface area contributed by atoms with Crippen molar-refractivity contribution in [3.63, 3.8) is 0 Å². The van der Waals surface area contributed by atoms with Crippen LogP contribution in [0.25, 0.3) is 22.3 Å². The van der Waals surface area contributed by atoms with Crippen molar-refractivity contribution in [2.24, 2.45) is 0 Å². The highest BCUT2D eigenvalue weighted by Crippen LogP contribution is 2.26. The maximum absolute atomic E-state index is 11.8. The Morgan fingerprint density at radius 2 is 2.05 bits per heavy atom. The average Bonchev–Trinajstić information content (AvgIpc) is 3.00. The number of fused-ring (bicyclic) bond motifs is 1. The molecule has 0 atom stereocenters. The molecule has 0 fully saturated rings. The van der Waals surface area contributed by atoms with Crippen LogP contribution < -0.4 is 5.32 Å². The molecule has 0 aliphatic heterocycles. The number of nitriles is 1. The minimum Gasteiger partial charge on any atom is -0.346 e. The molecule has 0 radical (unpaired) electrons. The van der Waals surface area contributed by atoms with E-state index in [2.05, 4.69) is 20.3 Å². The van der Waals surface area contributed by atoms with Gasteiger partial charge in [-0.15, -0.1) is 0 Å². The minimum atomic E-state index is -0.291. The quantitative estimate of drug-likeness (QED) is 0.574. The van der Waals surface area contributed by atoms with Crippen molar-refractivity contribution in [2.45, 2.75) is 0 Å². The second-order valence-electron chi connectivity index (χ2n) is 4.50. The van der Waals surface area contributed by atoms with Crippen molar-refractivity contribution in [2.75, 3.05) is 6.54 Å². The number of carbonyl (C=O) groups is 1. The molecule has 2 aromatic heterocycles. The number of H-pyrrole nitrogens is 1. The highest BCUT2D eigenvalue weighted by atomic mass is 35.5. The molecule has 2 heterocycles. The van der Waals surface area contributed by atoms with Crippen molar-refractivity contribution in [1.29, 1.82) is 5.26 Å². The summed E-state index contributed by atoms with van der Waals surface area (Å²) in [6.07, 6.45) is 1.77. The summed E-state index contributed by atoms with van der Waals surface area (Å²) in [5.74, 6) is -0.291. The molecular formula is C15H10ClN5O. The zero-order valence-electron chi connectivity index (χ0n) is 11.3. The average molecular weight is 312 g/mol. The van der Waals surface area contributed by atoms with Gasteiger partial charge >= 0.3 is 0 Å². The van der Waals surface area contributed by atoms with E-state index in [1.54, 1.807) is 30.5 Å². The van der Waals surface area contributed by atoms with Crippen LogP contribution in [0.3, 0.4) is 0 Å². The first-order valence-corrected chi connectivity index (χ1v) is 6.83. The van der Waals surface area contributed by atoms with Gasteiger partial charge in [0.05, 0.1) is 11.8 Å². The number of amides is 1. The maximum atomic E-state index is 11.8. The first-order chi connectivity index (χ1) is 10.7. The normalized spacial score (nSPS) is 10.4. The Balaban J connectivity index is 1.97. The molecule has 0 aliphatic carbocycles. The number of hydrogen-bond donors (Lipinski definition) is 2. The van der Waals surface area contributed by atoms with E-state index in [0.717, 1.165) is 10.9 Å². The molecule has 0 aliphatic rings. The minimum absolute atomic E-state index is 0.0218. The highest BCUT2D eigenvalue weighted by molar-refractivity contribution is 6.28. The van der Waals surface area contributed by atoms with Gasteiger partial charge < -0.3 is 10.3 Å². The van der Waals surface area contributed by atoms with Gasteiger partial charge in [-0.3, -0.25) is 4.79 Å². The van der Waals surface area contributed by atoms with Crippen LogP contribution in [0, 0.1) is 11.3 Å². The molecule has 2 N–H and O–H groups in total. The summed E-state index contributed by atoms with van der Waals surface area (Å²) in [6, 6.07) is 10.7. The monoisotopic (exact) mass is 311 g/mol. The Morgan fingerprint density at radius 1 is 1.27 bits per heavy atom. The van der Waals surface area contributed by atoms with E-state index >= 15 is 0 Å². The van der Waals surface area contributed by atoms with Crippen LogP contribution in [-0.4, -0.2) is 27.4 Å². The first kappa shape index (κ1) is 14.0. The van der Waals surface area contributed by atoms with E-state index in [0.29, 0.717) is 16.9 Å². The van der Waals surface area contributed by atoms with E-state index in [9.17, 15) is 4.79 Å². The standard InChI is InChI=1S/C15H10ClN5O/c16-15-20-12(11-5-7-18-13(11)21-15)9-1-3-10(4-2-9)14(22)19-8-6-17/h1-5,7H,8H2,(H,19,22)(H,18,20,21). The Hall–Kier alpha value is -2.91. The molecule has 22 heavy (non-hydrogen) atoms. The smallest absolute Gasteiger partial charge is 0.252 e. The van der Waals surface area contributed by atoms with Crippen LogP contribution in [0.15, 0.2) is 36.5 Å². The molecule has 6 nitrogen and oxygen atoms in total. The highest BCUT2D eigenvalue weighted by Gasteiger charge is 2.11. The van der Waals surface area contributed by atoms with Crippen molar-refractivity contribution in [3.05, 3.63) is 47.4 Å². The summed E-state index contributed by atoms with van der Waals surface area (Å²) in [6.45, 7) is -0.0218. The Morgan fingerprint density at radius 3 is 2.77 bits per heavy atom. The van der Waals surface area contributed by atoms with Gasteiger partial charge in [-0.25, -0.2) is 4.98 Å². The van der Waals surface area contributed by atoms with E-state index in [4.69, 9.17) is 16.9 Å². The van der Waals surface area contributed by atoms with Crippen LogP contribution >= 0.6 is 11.6 Å². The lowest BCUT2D eigenvalue weighted by Crippen LogP contribution is -2.23. The Labute approximate surface area is 130 Å². The molecule has 1 amide bonds. The molecule has 0 spiro atoms. The zero-order chi connectivity index (χ0) is 15.5. The number of halogens is 1. The summed E-state index contributed by atoms with van der Waals surface area (Å²) < 4.78 is 0. The van der Waals surface area contributed by atoms with Gasteiger partial charge in [0, 0.05) is 22.7 Å². The molecule has 0 bridgehead atoms. The lowest BCUT2D eigenvalue weighted by Gasteiger charge is -2.05. The maximum Gasteiger partial charge on any atom is 0.252 e. The van der Waals surface area contributed by atoms with Gasteiger partial charge in [0.2, 0.25) is 5.28 Å². The van der Waals surface area contributed by atoms with Crippen molar-refractivity contribution in [3.8, 4) is 17.3 Å². The molecule has 1 aromatic carbocycles. The molecular weight excluding hydrogens is 302 g/mol. The fourth-order valence-corrected chi connectivity index (χ4v) is 2.30. The van der Waals surface area contributed by atoms with Gasteiger partial charge in [0.1, 0.15) is 12.2 Å². The predicted octanol–water partition coefficient (Wildman–Crippen LogP) is 2.53. The van der Waals surface area contributed by atoms with E-state index in [1.807, 2.05) is 12.1 Å². The van der Waals surface area contributed by atoms with Crippen LogP contribution in [0.5, 0.6) is 0 Å². The Kier molecular flexibility index (Phi) is 3.73. The number of nitrogens with zero attached hydrogens (tertiary/aromatic N) is 3. The number of aromatic nitrogens is 3. The van der Waals surface area contributed by atoms with Crippen molar-refractivity contribution >= 4 is 28.5 Å². The van der Waals surface area contributed by atoms with Crippen LogP contribution in [0.4, 0.5) is 0 Å². The number of carbonyl (C=O) groups excluding carboxylic acids is 1.